The SMILES string of the molecule is O=[N+]([O-])c1ccccc1S(=O)(=O)N1CC2CCC(O)C2C1. The minimum atomic E-state index is -3.90. The first-order chi connectivity index (χ1) is 9.91. The van der Waals surface area contributed by atoms with E-state index >= 15 is 0 Å². The zero-order chi connectivity index (χ0) is 15.2. The minimum absolute atomic E-state index is 0.0532. The molecule has 1 aromatic rings. The molecular formula is C13H16N2O5S. The average molecular weight is 312 g/mol. The molecule has 1 saturated heterocycles. The van der Waals surface area contributed by atoms with Crippen molar-refractivity contribution in [1.82, 2.24) is 4.31 Å². The molecule has 1 aromatic carbocycles. The molecule has 1 N–H and O–H groups in total. The lowest BCUT2D eigenvalue weighted by atomic mass is 10.00. The molecule has 21 heavy (non-hydrogen) atoms. The number of rotatable bonds is 3. The predicted molar refractivity (Wildman–Crippen MR) is 74.1 cm³/mol. The number of fused-ring (bicyclic) bond motifs is 1. The number of sulfonamides is 1. The molecule has 2 fully saturated rings. The number of hydrogen-bond donors (Lipinski definition) is 1. The summed E-state index contributed by atoms with van der Waals surface area (Å²) in [5.74, 6) is 0.0973. The Kier molecular flexibility index (Phi) is 3.46. The van der Waals surface area contributed by atoms with E-state index in [4.69, 9.17) is 0 Å². The van der Waals surface area contributed by atoms with Gasteiger partial charge in [-0.15, -0.1) is 0 Å². The Labute approximate surface area is 122 Å². The van der Waals surface area contributed by atoms with E-state index in [0.717, 1.165) is 6.42 Å². The molecule has 0 aromatic heterocycles. The van der Waals surface area contributed by atoms with Crippen molar-refractivity contribution in [2.75, 3.05) is 13.1 Å². The van der Waals surface area contributed by atoms with E-state index in [1.54, 1.807) is 0 Å². The van der Waals surface area contributed by atoms with Gasteiger partial charge in [-0.05, 0) is 24.8 Å². The van der Waals surface area contributed by atoms with Crippen LogP contribution >= 0.6 is 0 Å². The number of nitrogens with zero attached hydrogens (tertiary/aromatic N) is 2. The van der Waals surface area contributed by atoms with Crippen LogP contribution in [0, 0.1) is 22.0 Å². The standard InChI is InChI=1S/C13H16N2O5S/c16-12-6-5-9-7-14(8-10(9)12)21(19,20)13-4-2-1-3-11(13)15(17)18/h1-4,9-10,12,16H,5-8H2. The van der Waals surface area contributed by atoms with Gasteiger partial charge >= 0.3 is 0 Å². The van der Waals surface area contributed by atoms with Crippen molar-refractivity contribution in [1.29, 1.82) is 0 Å². The molecule has 0 radical (unpaired) electrons. The van der Waals surface area contributed by atoms with E-state index in [0.29, 0.717) is 13.0 Å². The molecule has 0 bridgehead atoms. The van der Waals surface area contributed by atoms with Crippen molar-refractivity contribution >= 4 is 15.7 Å². The van der Waals surface area contributed by atoms with Crippen molar-refractivity contribution in [3.8, 4) is 0 Å². The van der Waals surface area contributed by atoms with E-state index in [-0.39, 0.29) is 23.3 Å². The van der Waals surface area contributed by atoms with Crippen LogP contribution in [-0.4, -0.2) is 41.9 Å². The number of benzene rings is 1. The molecule has 114 valence electrons. The van der Waals surface area contributed by atoms with E-state index in [9.17, 15) is 23.6 Å². The highest BCUT2D eigenvalue weighted by Gasteiger charge is 2.46. The Balaban J connectivity index is 1.94. The first-order valence-corrected chi connectivity index (χ1v) is 8.27. The maximum Gasteiger partial charge on any atom is 0.289 e. The monoisotopic (exact) mass is 312 g/mol. The summed E-state index contributed by atoms with van der Waals surface area (Å²) in [4.78, 5) is 10.1. The second kappa shape index (κ2) is 5.04. The van der Waals surface area contributed by atoms with Crippen LogP contribution in [-0.2, 0) is 10.0 Å². The van der Waals surface area contributed by atoms with E-state index < -0.39 is 26.7 Å². The summed E-state index contributed by atoms with van der Waals surface area (Å²) in [6, 6.07) is 5.38. The molecule has 7 nitrogen and oxygen atoms in total. The maximum atomic E-state index is 12.6. The summed E-state index contributed by atoms with van der Waals surface area (Å²) in [7, 11) is -3.90. The average Bonchev–Trinajstić information content (AvgIpc) is 3.02. The van der Waals surface area contributed by atoms with Gasteiger partial charge in [0.1, 0.15) is 0 Å². The van der Waals surface area contributed by atoms with Crippen LogP contribution in [0.2, 0.25) is 0 Å². The summed E-state index contributed by atoms with van der Waals surface area (Å²) in [5.41, 5.74) is -0.407. The molecule has 3 atom stereocenters. The zero-order valence-corrected chi connectivity index (χ0v) is 12.1. The Bertz CT molecular complexity index is 675. The Morgan fingerprint density at radius 3 is 2.62 bits per heavy atom. The van der Waals surface area contributed by atoms with E-state index in [1.165, 1.54) is 28.6 Å². The molecule has 3 rings (SSSR count). The third-order valence-corrected chi connectivity index (χ3v) is 6.34. The van der Waals surface area contributed by atoms with Crippen molar-refractivity contribution in [2.24, 2.45) is 11.8 Å². The number of aliphatic hydroxyl groups is 1. The van der Waals surface area contributed by atoms with Gasteiger partial charge in [-0.2, -0.15) is 4.31 Å². The molecule has 8 heteroatoms. The fraction of sp³-hybridized carbons (Fsp3) is 0.538. The van der Waals surface area contributed by atoms with Gasteiger partial charge in [0, 0.05) is 25.1 Å². The van der Waals surface area contributed by atoms with Crippen molar-refractivity contribution in [3.05, 3.63) is 34.4 Å². The summed E-state index contributed by atoms with van der Waals surface area (Å²) in [6.45, 7) is 0.566. The second-order valence-corrected chi connectivity index (χ2v) is 7.52. The van der Waals surface area contributed by atoms with Crippen LogP contribution in [0.25, 0.3) is 0 Å². The number of aliphatic hydroxyl groups excluding tert-OH is 1. The van der Waals surface area contributed by atoms with Crippen molar-refractivity contribution < 1.29 is 18.4 Å². The normalized spacial score (nSPS) is 29.5. The van der Waals surface area contributed by atoms with E-state index in [2.05, 4.69) is 0 Å². The Morgan fingerprint density at radius 1 is 1.24 bits per heavy atom. The first-order valence-electron chi connectivity index (χ1n) is 6.83. The topological polar surface area (TPSA) is 101 Å². The van der Waals surface area contributed by atoms with Crippen LogP contribution in [0.3, 0.4) is 0 Å². The summed E-state index contributed by atoms with van der Waals surface area (Å²) in [5, 5.41) is 20.9. The van der Waals surface area contributed by atoms with Gasteiger partial charge in [0.05, 0.1) is 11.0 Å². The molecule has 1 aliphatic heterocycles. The smallest absolute Gasteiger partial charge is 0.289 e. The molecule has 1 saturated carbocycles. The molecule has 3 unspecified atom stereocenters. The van der Waals surface area contributed by atoms with Crippen LogP contribution in [0.5, 0.6) is 0 Å². The van der Waals surface area contributed by atoms with Gasteiger partial charge in [-0.1, -0.05) is 12.1 Å². The lowest BCUT2D eigenvalue weighted by Gasteiger charge is -2.18. The fourth-order valence-electron chi connectivity index (χ4n) is 3.36. The number of nitro benzene ring substituents is 1. The minimum Gasteiger partial charge on any atom is -0.393 e. The summed E-state index contributed by atoms with van der Waals surface area (Å²) in [6.07, 6.45) is 1.03. The number of para-hydroxylation sites is 1. The van der Waals surface area contributed by atoms with Gasteiger partial charge in [0.2, 0.25) is 10.0 Å². The lowest BCUT2D eigenvalue weighted by molar-refractivity contribution is -0.387. The maximum absolute atomic E-state index is 12.6. The van der Waals surface area contributed by atoms with Crippen molar-refractivity contribution in [3.63, 3.8) is 0 Å². The van der Waals surface area contributed by atoms with Gasteiger partial charge in [0.15, 0.2) is 4.90 Å². The van der Waals surface area contributed by atoms with Crippen LogP contribution in [0.15, 0.2) is 29.2 Å². The van der Waals surface area contributed by atoms with Gasteiger partial charge in [-0.3, -0.25) is 10.1 Å². The van der Waals surface area contributed by atoms with Crippen LogP contribution in [0.4, 0.5) is 5.69 Å². The van der Waals surface area contributed by atoms with Gasteiger partial charge < -0.3 is 5.11 Å². The highest BCUT2D eigenvalue weighted by Crippen LogP contribution is 2.40. The number of nitro groups is 1. The molecular weight excluding hydrogens is 296 g/mol. The van der Waals surface area contributed by atoms with Gasteiger partial charge in [-0.25, -0.2) is 8.42 Å². The molecule has 1 heterocycles. The van der Waals surface area contributed by atoms with Crippen molar-refractivity contribution in [2.45, 2.75) is 23.8 Å². The van der Waals surface area contributed by atoms with Crippen LogP contribution in [0.1, 0.15) is 12.8 Å². The molecule has 2 aliphatic rings. The predicted octanol–water partition coefficient (Wildman–Crippen LogP) is 0.986. The highest BCUT2D eigenvalue weighted by molar-refractivity contribution is 7.89. The number of hydrogen-bond acceptors (Lipinski definition) is 5. The lowest BCUT2D eigenvalue weighted by Crippen LogP contribution is -2.31. The fourth-order valence-corrected chi connectivity index (χ4v) is 5.05. The first kappa shape index (κ1) is 14.4. The third-order valence-electron chi connectivity index (χ3n) is 4.47. The molecule has 0 amide bonds. The van der Waals surface area contributed by atoms with E-state index in [1.807, 2.05) is 0 Å². The summed E-state index contributed by atoms with van der Waals surface area (Å²) < 4.78 is 26.5. The zero-order valence-electron chi connectivity index (χ0n) is 11.3. The molecule has 1 aliphatic carbocycles. The third kappa shape index (κ3) is 2.33. The van der Waals surface area contributed by atoms with Crippen LogP contribution < -0.4 is 0 Å². The Morgan fingerprint density at radius 2 is 1.95 bits per heavy atom. The Hall–Kier alpha value is -1.51. The second-order valence-electron chi connectivity index (χ2n) is 5.62. The van der Waals surface area contributed by atoms with Gasteiger partial charge in [0.25, 0.3) is 5.69 Å². The highest BCUT2D eigenvalue weighted by atomic mass is 32.2. The quantitative estimate of drug-likeness (QED) is 0.662. The summed E-state index contributed by atoms with van der Waals surface area (Å²) >= 11 is 0. The largest absolute Gasteiger partial charge is 0.393 e. The molecule has 0 spiro atoms.